The highest BCUT2D eigenvalue weighted by molar-refractivity contribution is 7.10. The van der Waals surface area contributed by atoms with Crippen LogP contribution in [0, 0.1) is 0 Å². The molecule has 1 aromatic heterocycles. The molecule has 0 bridgehead atoms. The van der Waals surface area contributed by atoms with E-state index in [1.165, 1.54) is 0 Å². The Kier molecular flexibility index (Phi) is 8.25. The van der Waals surface area contributed by atoms with Gasteiger partial charge in [0.15, 0.2) is 0 Å². The van der Waals surface area contributed by atoms with E-state index >= 15 is 0 Å². The van der Waals surface area contributed by atoms with Gasteiger partial charge in [0, 0.05) is 22.5 Å². The molecule has 0 radical (unpaired) electrons. The summed E-state index contributed by atoms with van der Waals surface area (Å²) in [6.45, 7) is 0.305. The average Bonchev–Trinajstić information content (AvgIpc) is 3.55. The lowest BCUT2D eigenvalue weighted by Gasteiger charge is -2.32. The zero-order valence-corrected chi connectivity index (χ0v) is 20.8. The predicted molar refractivity (Wildman–Crippen MR) is 136 cm³/mol. The van der Waals surface area contributed by atoms with Crippen LogP contribution in [0.2, 0.25) is 5.02 Å². The molecule has 178 valence electrons. The van der Waals surface area contributed by atoms with Gasteiger partial charge < -0.3 is 15.0 Å². The smallest absolute Gasteiger partial charge is 0.247 e. The summed E-state index contributed by atoms with van der Waals surface area (Å²) >= 11 is 7.68. The maximum atomic E-state index is 13.7. The Hall–Kier alpha value is -2.83. The van der Waals surface area contributed by atoms with Crippen LogP contribution in [0.4, 0.5) is 0 Å². The van der Waals surface area contributed by atoms with Crippen LogP contribution in [0.3, 0.4) is 0 Å². The van der Waals surface area contributed by atoms with E-state index in [1.54, 1.807) is 35.5 Å². The summed E-state index contributed by atoms with van der Waals surface area (Å²) < 4.78 is 5.28. The zero-order chi connectivity index (χ0) is 23.9. The molecular weight excluding hydrogens is 468 g/mol. The molecule has 1 N–H and O–H groups in total. The van der Waals surface area contributed by atoms with Gasteiger partial charge in [-0.15, -0.1) is 11.3 Å². The fourth-order valence-corrected chi connectivity index (χ4v) is 5.20. The molecule has 34 heavy (non-hydrogen) atoms. The summed E-state index contributed by atoms with van der Waals surface area (Å²) in [5.41, 5.74) is 1.67. The van der Waals surface area contributed by atoms with Crippen LogP contribution in [0.5, 0.6) is 5.75 Å². The molecule has 1 aliphatic carbocycles. The summed E-state index contributed by atoms with van der Waals surface area (Å²) in [5, 5.41) is 5.75. The second kappa shape index (κ2) is 11.5. The molecule has 2 amide bonds. The second-order valence-electron chi connectivity index (χ2n) is 8.57. The Labute approximate surface area is 209 Å². The average molecular weight is 497 g/mol. The van der Waals surface area contributed by atoms with E-state index < -0.39 is 6.04 Å². The quantitative estimate of drug-likeness (QED) is 0.408. The number of thiophene rings is 1. The first-order chi connectivity index (χ1) is 16.5. The molecule has 1 saturated carbocycles. The Bertz CT molecular complexity index is 1080. The Balaban J connectivity index is 1.68. The molecule has 4 rings (SSSR count). The monoisotopic (exact) mass is 496 g/mol. The van der Waals surface area contributed by atoms with Crippen molar-refractivity contribution in [1.29, 1.82) is 0 Å². The number of carbonyl (C=O) groups is 2. The van der Waals surface area contributed by atoms with Crippen LogP contribution in [0.25, 0.3) is 0 Å². The highest BCUT2D eigenvalue weighted by Crippen LogP contribution is 2.28. The summed E-state index contributed by atoms with van der Waals surface area (Å²) in [6.07, 6.45) is 4.42. The number of rotatable bonds is 9. The van der Waals surface area contributed by atoms with Crippen molar-refractivity contribution in [3.8, 4) is 5.75 Å². The number of hydrogen-bond donors (Lipinski definition) is 1. The Morgan fingerprint density at radius 3 is 2.41 bits per heavy atom. The van der Waals surface area contributed by atoms with Crippen LogP contribution in [-0.4, -0.2) is 29.9 Å². The number of methoxy groups -OCH3 is 1. The van der Waals surface area contributed by atoms with Crippen molar-refractivity contribution in [2.45, 2.75) is 50.7 Å². The second-order valence-corrected chi connectivity index (χ2v) is 10.0. The Morgan fingerprint density at radius 1 is 1.09 bits per heavy atom. The third kappa shape index (κ3) is 6.19. The molecule has 0 saturated heterocycles. The molecule has 1 atom stereocenters. The van der Waals surface area contributed by atoms with Crippen LogP contribution >= 0.6 is 22.9 Å². The number of nitrogens with one attached hydrogen (secondary N) is 1. The summed E-state index contributed by atoms with van der Waals surface area (Å²) in [5.74, 6) is 0.496. The van der Waals surface area contributed by atoms with Gasteiger partial charge in [-0.2, -0.15) is 0 Å². The summed E-state index contributed by atoms with van der Waals surface area (Å²) in [4.78, 5) is 30.0. The first-order valence-corrected chi connectivity index (χ1v) is 12.8. The number of benzene rings is 2. The van der Waals surface area contributed by atoms with Crippen molar-refractivity contribution in [2.75, 3.05) is 7.11 Å². The standard InChI is InChI=1S/C27H29ClN2O3S/c1-33-23-14-8-19(9-15-23)18-30(25(31)17-24-7-4-16-34-24)26(20-10-12-21(28)13-11-20)27(32)29-22-5-2-3-6-22/h4,7-16,22,26H,2-3,5-6,17-18H2,1H3,(H,29,32)/t26-/m1/s1. The molecule has 2 aromatic carbocycles. The highest BCUT2D eigenvalue weighted by atomic mass is 35.5. The van der Waals surface area contributed by atoms with Crippen molar-refractivity contribution in [3.05, 3.63) is 87.1 Å². The van der Waals surface area contributed by atoms with Gasteiger partial charge in [-0.05, 0) is 59.7 Å². The zero-order valence-electron chi connectivity index (χ0n) is 19.2. The van der Waals surface area contributed by atoms with E-state index in [2.05, 4.69) is 5.32 Å². The maximum Gasteiger partial charge on any atom is 0.247 e. The van der Waals surface area contributed by atoms with Crippen molar-refractivity contribution in [1.82, 2.24) is 10.2 Å². The van der Waals surface area contributed by atoms with Crippen LogP contribution in [0.1, 0.15) is 47.7 Å². The van der Waals surface area contributed by atoms with Crippen LogP contribution < -0.4 is 10.1 Å². The van der Waals surface area contributed by atoms with E-state index in [-0.39, 0.29) is 24.3 Å². The molecule has 1 aliphatic rings. The normalized spacial score (nSPS) is 14.5. The molecule has 5 nitrogen and oxygen atoms in total. The van der Waals surface area contributed by atoms with Crippen molar-refractivity contribution < 1.29 is 14.3 Å². The lowest BCUT2D eigenvalue weighted by molar-refractivity contribution is -0.141. The van der Waals surface area contributed by atoms with Gasteiger partial charge in [-0.3, -0.25) is 9.59 Å². The van der Waals surface area contributed by atoms with E-state index in [4.69, 9.17) is 16.3 Å². The fraction of sp³-hybridized carbons (Fsp3) is 0.333. The molecule has 0 unspecified atom stereocenters. The van der Waals surface area contributed by atoms with Crippen molar-refractivity contribution in [3.63, 3.8) is 0 Å². The molecular formula is C27H29ClN2O3S. The number of hydrogen-bond acceptors (Lipinski definition) is 4. The molecule has 7 heteroatoms. The topological polar surface area (TPSA) is 58.6 Å². The number of carbonyl (C=O) groups excluding carboxylic acids is 2. The summed E-state index contributed by atoms with van der Waals surface area (Å²) in [6, 6.07) is 18.1. The van der Waals surface area contributed by atoms with Gasteiger partial charge in [0.25, 0.3) is 0 Å². The molecule has 0 aliphatic heterocycles. The summed E-state index contributed by atoms with van der Waals surface area (Å²) in [7, 11) is 1.62. The van der Waals surface area contributed by atoms with E-state index in [1.807, 2.05) is 53.9 Å². The van der Waals surface area contributed by atoms with Gasteiger partial charge >= 0.3 is 0 Å². The van der Waals surface area contributed by atoms with Crippen LogP contribution in [-0.2, 0) is 22.6 Å². The third-order valence-corrected chi connectivity index (χ3v) is 7.31. The third-order valence-electron chi connectivity index (χ3n) is 6.19. The van der Waals surface area contributed by atoms with E-state index in [0.717, 1.165) is 47.4 Å². The van der Waals surface area contributed by atoms with Gasteiger partial charge in [0.1, 0.15) is 11.8 Å². The van der Waals surface area contributed by atoms with E-state index in [0.29, 0.717) is 11.6 Å². The Morgan fingerprint density at radius 2 is 1.79 bits per heavy atom. The number of nitrogens with zero attached hydrogens (tertiary/aromatic N) is 1. The molecule has 0 spiro atoms. The van der Waals surface area contributed by atoms with Crippen LogP contribution in [0.15, 0.2) is 66.0 Å². The lowest BCUT2D eigenvalue weighted by atomic mass is 10.0. The predicted octanol–water partition coefficient (Wildman–Crippen LogP) is 5.78. The fourth-order valence-electron chi connectivity index (χ4n) is 4.38. The minimum atomic E-state index is -0.757. The lowest BCUT2D eigenvalue weighted by Crippen LogP contribution is -2.46. The maximum absolute atomic E-state index is 13.7. The molecule has 1 heterocycles. The first-order valence-electron chi connectivity index (χ1n) is 11.5. The number of ether oxygens (including phenoxy) is 1. The number of halogens is 1. The van der Waals surface area contributed by atoms with E-state index in [9.17, 15) is 9.59 Å². The largest absolute Gasteiger partial charge is 0.497 e. The molecule has 3 aromatic rings. The highest BCUT2D eigenvalue weighted by Gasteiger charge is 2.33. The van der Waals surface area contributed by atoms with Crippen molar-refractivity contribution in [2.24, 2.45) is 0 Å². The SMILES string of the molecule is COc1ccc(CN(C(=O)Cc2cccs2)[C@@H](C(=O)NC2CCCC2)c2ccc(Cl)cc2)cc1. The van der Waals surface area contributed by atoms with Crippen molar-refractivity contribution >= 4 is 34.8 Å². The minimum Gasteiger partial charge on any atom is -0.497 e. The first kappa shape index (κ1) is 24.3. The van der Waals surface area contributed by atoms with Gasteiger partial charge in [-0.25, -0.2) is 0 Å². The molecule has 1 fully saturated rings. The number of amides is 2. The van der Waals surface area contributed by atoms with Gasteiger partial charge in [0.2, 0.25) is 11.8 Å². The van der Waals surface area contributed by atoms with Gasteiger partial charge in [0.05, 0.1) is 13.5 Å². The van der Waals surface area contributed by atoms with Gasteiger partial charge in [-0.1, -0.05) is 54.8 Å². The minimum absolute atomic E-state index is 0.0974.